The fourth-order valence-corrected chi connectivity index (χ4v) is 3.46. The summed E-state index contributed by atoms with van der Waals surface area (Å²) in [5.74, 6) is 0.618. The summed E-state index contributed by atoms with van der Waals surface area (Å²) in [6.07, 6.45) is 5.66. The van der Waals surface area contributed by atoms with Gasteiger partial charge in [0.05, 0.1) is 0 Å². The molecular weight excluding hydrogens is 298 g/mol. The van der Waals surface area contributed by atoms with Gasteiger partial charge in [-0.2, -0.15) is 0 Å². The topological polar surface area (TPSA) is 45.2 Å². The van der Waals surface area contributed by atoms with Gasteiger partial charge in [-0.1, -0.05) is 30.3 Å². The van der Waals surface area contributed by atoms with Crippen LogP contribution >= 0.6 is 0 Å². The molecule has 4 heteroatoms. The van der Waals surface area contributed by atoms with Crippen molar-refractivity contribution in [2.24, 2.45) is 5.92 Å². The predicted octanol–water partition coefficient (Wildman–Crippen LogP) is 2.65. The minimum absolute atomic E-state index is 0.181. The molecule has 2 aromatic rings. The molecule has 1 amide bonds. The van der Waals surface area contributed by atoms with Crippen LogP contribution in [0.2, 0.25) is 0 Å². The molecule has 1 aliphatic heterocycles. The van der Waals surface area contributed by atoms with Crippen molar-refractivity contribution < 1.29 is 4.79 Å². The Morgan fingerprint density at radius 3 is 2.62 bits per heavy atom. The van der Waals surface area contributed by atoms with Crippen molar-refractivity contribution in [2.75, 3.05) is 13.1 Å². The van der Waals surface area contributed by atoms with Gasteiger partial charge in [-0.15, -0.1) is 0 Å². The van der Waals surface area contributed by atoms with Crippen LogP contribution < -0.4 is 5.32 Å². The summed E-state index contributed by atoms with van der Waals surface area (Å²) in [7, 11) is 0. The van der Waals surface area contributed by atoms with Gasteiger partial charge in [0.15, 0.2) is 0 Å². The van der Waals surface area contributed by atoms with Gasteiger partial charge in [0.25, 0.3) is 0 Å². The van der Waals surface area contributed by atoms with Crippen molar-refractivity contribution in [1.29, 1.82) is 0 Å². The minimum Gasteiger partial charge on any atom is -0.343 e. The summed E-state index contributed by atoms with van der Waals surface area (Å²) in [5.41, 5.74) is 2.58. The van der Waals surface area contributed by atoms with Gasteiger partial charge in [0.1, 0.15) is 0 Å². The number of rotatable bonds is 5. The molecule has 0 radical (unpaired) electrons. The molecule has 2 heterocycles. The first-order chi connectivity index (χ1) is 11.7. The van der Waals surface area contributed by atoms with E-state index in [1.54, 1.807) is 6.92 Å². The summed E-state index contributed by atoms with van der Waals surface area (Å²) >= 11 is 0. The minimum atomic E-state index is 0.181. The molecule has 0 spiro atoms. The number of carbonyl (C=O) groups excluding carboxylic acids is 1. The van der Waals surface area contributed by atoms with Crippen LogP contribution in [0.1, 0.15) is 24.5 Å². The third kappa shape index (κ3) is 4.42. The highest BCUT2D eigenvalue weighted by Crippen LogP contribution is 2.22. The summed E-state index contributed by atoms with van der Waals surface area (Å²) in [6, 6.07) is 15.1. The van der Waals surface area contributed by atoms with Crippen molar-refractivity contribution in [3.05, 3.63) is 66.0 Å². The number of nitrogens with zero attached hydrogens (tertiary/aromatic N) is 2. The zero-order chi connectivity index (χ0) is 16.8. The molecule has 1 aliphatic rings. The first-order valence-electron chi connectivity index (χ1n) is 8.64. The fraction of sp³-hybridized carbons (Fsp3) is 0.400. The number of pyridine rings is 1. The molecule has 24 heavy (non-hydrogen) atoms. The number of hydrogen-bond acceptors (Lipinski definition) is 3. The average Bonchev–Trinajstić information content (AvgIpc) is 2.62. The molecule has 2 atom stereocenters. The number of piperidine rings is 1. The van der Waals surface area contributed by atoms with Crippen LogP contribution in [0, 0.1) is 5.92 Å². The second-order valence-corrected chi connectivity index (χ2v) is 6.55. The molecule has 126 valence electrons. The number of likely N-dealkylation sites (tertiary alicyclic amines) is 1. The van der Waals surface area contributed by atoms with Crippen LogP contribution in [0.25, 0.3) is 0 Å². The predicted molar refractivity (Wildman–Crippen MR) is 95.4 cm³/mol. The SMILES string of the molecule is CC(=O)N1CC[C@H](NCc2ccncc2)[C@H](Cc2ccccc2)C1. The first kappa shape index (κ1) is 16.7. The highest BCUT2D eigenvalue weighted by atomic mass is 16.2. The number of amides is 1. The average molecular weight is 323 g/mol. The van der Waals surface area contributed by atoms with Gasteiger partial charge in [0.2, 0.25) is 5.91 Å². The standard InChI is InChI=1S/C20H25N3O/c1-16(24)23-12-9-20(22-14-18-7-10-21-11-8-18)19(15-23)13-17-5-3-2-4-6-17/h2-8,10-11,19-20,22H,9,12-15H2,1H3/t19-,20+/m1/s1. The molecule has 1 saturated heterocycles. The number of benzene rings is 1. The van der Waals surface area contributed by atoms with Crippen LogP contribution in [-0.4, -0.2) is 34.9 Å². The van der Waals surface area contributed by atoms with Crippen molar-refractivity contribution in [1.82, 2.24) is 15.2 Å². The van der Waals surface area contributed by atoms with Crippen molar-refractivity contribution in [2.45, 2.75) is 32.4 Å². The van der Waals surface area contributed by atoms with Gasteiger partial charge < -0.3 is 10.2 Å². The zero-order valence-corrected chi connectivity index (χ0v) is 14.2. The van der Waals surface area contributed by atoms with E-state index in [0.717, 1.165) is 32.5 Å². The van der Waals surface area contributed by atoms with Crippen LogP contribution in [0.3, 0.4) is 0 Å². The van der Waals surface area contributed by atoms with E-state index in [1.165, 1.54) is 11.1 Å². The number of aromatic nitrogens is 1. The maximum atomic E-state index is 11.8. The second-order valence-electron chi connectivity index (χ2n) is 6.55. The third-order valence-electron chi connectivity index (χ3n) is 4.84. The molecule has 4 nitrogen and oxygen atoms in total. The number of carbonyl (C=O) groups is 1. The van der Waals surface area contributed by atoms with Crippen molar-refractivity contribution >= 4 is 5.91 Å². The third-order valence-corrected chi connectivity index (χ3v) is 4.84. The van der Waals surface area contributed by atoms with E-state index in [4.69, 9.17) is 0 Å². The summed E-state index contributed by atoms with van der Waals surface area (Å²) < 4.78 is 0. The Bertz CT molecular complexity index is 644. The molecule has 0 aliphatic carbocycles. The molecule has 1 aromatic carbocycles. The van der Waals surface area contributed by atoms with Crippen LogP contribution in [-0.2, 0) is 17.8 Å². The van der Waals surface area contributed by atoms with Gasteiger partial charge in [-0.05, 0) is 42.0 Å². The van der Waals surface area contributed by atoms with Crippen molar-refractivity contribution in [3.8, 4) is 0 Å². The number of hydrogen-bond donors (Lipinski definition) is 1. The van der Waals surface area contributed by atoms with Gasteiger partial charge in [-0.25, -0.2) is 0 Å². The molecule has 1 aromatic heterocycles. The van der Waals surface area contributed by atoms with Crippen LogP contribution in [0.4, 0.5) is 0 Å². The Balaban J connectivity index is 1.66. The van der Waals surface area contributed by atoms with Crippen LogP contribution in [0.15, 0.2) is 54.9 Å². The van der Waals surface area contributed by atoms with Gasteiger partial charge in [0, 0.05) is 45.0 Å². The van der Waals surface area contributed by atoms with E-state index in [9.17, 15) is 4.79 Å². The Morgan fingerprint density at radius 2 is 1.92 bits per heavy atom. The van der Waals surface area contributed by atoms with Gasteiger partial charge in [-0.3, -0.25) is 9.78 Å². The smallest absolute Gasteiger partial charge is 0.219 e. The fourth-order valence-electron chi connectivity index (χ4n) is 3.46. The lowest BCUT2D eigenvalue weighted by atomic mass is 9.86. The zero-order valence-electron chi connectivity index (χ0n) is 14.2. The molecule has 1 fully saturated rings. The highest BCUT2D eigenvalue weighted by molar-refractivity contribution is 5.73. The van der Waals surface area contributed by atoms with Crippen molar-refractivity contribution in [3.63, 3.8) is 0 Å². The van der Waals surface area contributed by atoms with E-state index < -0.39 is 0 Å². The van der Waals surface area contributed by atoms with E-state index in [-0.39, 0.29) is 5.91 Å². The van der Waals surface area contributed by atoms with E-state index >= 15 is 0 Å². The Morgan fingerprint density at radius 1 is 1.17 bits per heavy atom. The quantitative estimate of drug-likeness (QED) is 0.920. The lowest BCUT2D eigenvalue weighted by Gasteiger charge is -2.39. The normalized spacial score (nSPS) is 20.8. The molecular formula is C20H25N3O. The lowest BCUT2D eigenvalue weighted by molar-refractivity contribution is -0.131. The maximum Gasteiger partial charge on any atom is 0.219 e. The Hall–Kier alpha value is -2.20. The monoisotopic (exact) mass is 323 g/mol. The Kier molecular flexibility index (Phi) is 5.59. The summed E-state index contributed by atoms with van der Waals surface area (Å²) in [4.78, 5) is 17.8. The molecule has 0 unspecified atom stereocenters. The number of nitrogens with one attached hydrogen (secondary N) is 1. The van der Waals surface area contributed by atoms with Crippen LogP contribution in [0.5, 0.6) is 0 Å². The first-order valence-corrected chi connectivity index (χ1v) is 8.64. The maximum absolute atomic E-state index is 11.8. The second kappa shape index (κ2) is 8.06. The highest BCUT2D eigenvalue weighted by Gasteiger charge is 2.30. The van der Waals surface area contributed by atoms with E-state index in [0.29, 0.717) is 12.0 Å². The van der Waals surface area contributed by atoms with E-state index in [2.05, 4.69) is 34.6 Å². The molecule has 0 bridgehead atoms. The van der Waals surface area contributed by atoms with E-state index in [1.807, 2.05) is 35.5 Å². The van der Waals surface area contributed by atoms with Gasteiger partial charge >= 0.3 is 0 Å². The summed E-state index contributed by atoms with van der Waals surface area (Å²) in [6.45, 7) is 4.19. The Labute approximate surface area is 143 Å². The molecule has 1 N–H and O–H groups in total. The molecule has 0 saturated carbocycles. The summed E-state index contributed by atoms with van der Waals surface area (Å²) in [5, 5.41) is 3.70. The lowest BCUT2D eigenvalue weighted by Crippen LogP contribution is -2.51. The molecule has 3 rings (SSSR count). The largest absolute Gasteiger partial charge is 0.343 e.